The molecule has 0 saturated carbocycles. The summed E-state index contributed by atoms with van der Waals surface area (Å²) in [4.78, 5) is 29.2. The Labute approximate surface area is 162 Å². The average molecular weight is 379 g/mol. The Morgan fingerprint density at radius 1 is 1.07 bits per heavy atom. The molecule has 2 amide bonds. The molecule has 0 spiro atoms. The number of aromatic nitrogens is 1. The minimum absolute atomic E-state index is 0.126. The molecular formula is C21H21N3O2S. The van der Waals surface area contributed by atoms with E-state index in [4.69, 9.17) is 0 Å². The van der Waals surface area contributed by atoms with Crippen LogP contribution in [0.15, 0.2) is 48.5 Å². The molecule has 27 heavy (non-hydrogen) atoms. The highest BCUT2D eigenvalue weighted by atomic mass is 32.1. The summed E-state index contributed by atoms with van der Waals surface area (Å²) in [6.07, 6.45) is 0. The van der Waals surface area contributed by atoms with E-state index in [1.54, 1.807) is 0 Å². The van der Waals surface area contributed by atoms with Gasteiger partial charge in [0, 0.05) is 29.6 Å². The van der Waals surface area contributed by atoms with Gasteiger partial charge >= 0.3 is 0 Å². The lowest BCUT2D eigenvalue weighted by molar-refractivity contribution is -0.114. The molecule has 0 aliphatic carbocycles. The predicted octanol–water partition coefficient (Wildman–Crippen LogP) is 4.32. The van der Waals surface area contributed by atoms with Crippen molar-refractivity contribution in [2.75, 3.05) is 5.32 Å². The molecule has 0 aliphatic heterocycles. The minimum Gasteiger partial charge on any atom is -0.347 e. The third-order valence-corrected chi connectivity index (χ3v) is 5.16. The molecule has 6 heteroatoms. The summed E-state index contributed by atoms with van der Waals surface area (Å²) >= 11 is 1.46. The number of nitrogens with zero attached hydrogens (tertiary/aromatic N) is 1. The number of amides is 2. The molecule has 1 aromatic heterocycles. The standard InChI is InChI=1S/C21H21N3O2S/c1-13-7-4-5-8-17(13)12-22-20(26)19-14(2)27-21(24-19)16-9-6-10-18(11-16)23-15(3)25/h4-11H,12H2,1-3H3,(H,22,26)(H,23,25). The number of carbonyl (C=O) groups excluding carboxylic acids is 2. The van der Waals surface area contributed by atoms with Gasteiger partial charge in [0.15, 0.2) is 0 Å². The van der Waals surface area contributed by atoms with E-state index in [9.17, 15) is 9.59 Å². The van der Waals surface area contributed by atoms with Crippen LogP contribution in [0.25, 0.3) is 10.6 Å². The summed E-state index contributed by atoms with van der Waals surface area (Å²) in [5, 5.41) is 6.46. The Morgan fingerprint density at radius 3 is 2.59 bits per heavy atom. The van der Waals surface area contributed by atoms with Gasteiger partial charge in [0.05, 0.1) is 0 Å². The maximum Gasteiger partial charge on any atom is 0.271 e. The lowest BCUT2D eigenvalue weighted by Gasteiger charge is -2.07. The van der Waals surface area contributed by atoms with Gasteiger partial charge in [0.25, 0.3) is 5.91 Å². The predicted molar refractivity (Wildman–Crippen MR) is 109 cm³/mol. The van der Waals surface area contributed by atoms with E-state index < -0.39 is 0 Å². The Kier molecular flexibility index (Phi) is 5.66. The van der Waals surface area contributed by atoms with Gasteiger partial charge in [-0.3, -0.25) is 9.59 Å². The van der Waals surface area contributed by atoms with E-state index in [0.717, 1.165) is 26.6 Å². The first-order valence-electron chi connectivity index (χ1n) is 8.62. The molecule has 0 saturated heterocycles. The van der Waals surface area contributed by atoms with Crippen molar-refractivity contribution in [2.24, 2.45) is 0 Å². The number of hydrogen-bond donors (Lipinski definition) is 2. The van der Waals surface area contributed by atoms with Crippen LogP contribution in [0, 0.1) is 13.8 Å². The van der Waals surface area contributed by atoms with Gasteiger partial charge in [-0.05, 0) is 37.1 Å². The summed E-state index contributed by atoms with van der Waals surface area (Å²) in [5.41, 5.74) is 4.24. The topological polar surface area (TPSA) is 71.1 Å². The van der Waals surface area contributed by atoms with Crippen LogP contribution in [0.5, 0.6) is 0 Å². The van der Waals surface area contributed by atoms with Gasteiger partial charge in [-0.15, -0.1) is 11.3 Å². The van der Waals surface area contributed by atoms with Crippen molar-refractivity contribution in [2.45, 2.75) is 27.3 Å². The van der Waals surface area contributed by atoms with E-state index in [0.29, 0.717) is 17.9 Å². The van der Waals surface area contributed by atoms with Gasteiger partial charge in [-0.1, -0.05) is 36.4 Å². The molecule has 1 heterocycles. The number of hydrogen-bond acceptors (Lipinski definition) is 4. The van der Waals surface area contributed by atoms with Gasteiger partial charge < -0.3 is 10.6 Å². The third kappa shape index (κ3) is 4.60. The summed E-state index contributed by atoms with van der Waals surface area (Å²) in [7, 11) is 0. The van der Waals surface area contributed by atoms with Crippen molar-refractivity contribution in [3.63, 3.8) is 0 Å². The fraction of sp³-hybridized carbons (Fsp3) is 0.190. The highest BCUT2D eigenvalue weighted by molar-refractivity contribution is 7.15. The fourth-order valence-corrected chi connectivity index (χ4v) is 3.64. The first-order valence-corrected chi connectivity index (χ1v) is 9.44. The lowest BCUT2D eigenvalue weighted by Crippen LogP contribution is -2.24. The Bertz CT molecular complexity index is 995. The zero-order valence-corrected chi connectivity index (χ0v) is 16.3. The number of thiazole rings is 1. The third-order valence-electron chi connectivity index (χ3n) is 4.14. The number of rotatable bonds is 5. The Balaban J connectivity index is 1.77. The number of aryl methyl sites for hydroxylation is 2. The average Bonchev–Trinajstić information content (AvgIpc) is 3.02. The van der Waals surface area contributed by atoms with Crippen LogP contribution in [-0.4, -0.2) is 16.8 Å². The summed E-state index contributed by atoms with van der Waals surface area (Å²) in [6, 6.07) is 15.4. The van der Waals surface area contributed by atoms with E-state index in [-0.39, 0.29) is 11.8 Å². The second-order valence-electron chi connectivity index (χ2n) is 6.29. The quantitative estimate of drug-likeness (QED) is 0.694. The van der Waals surface area contributed by atoms with Crippen molar-refractivity contribution in [1.82, 2.24) is 10.3 Å². The van der Waals surface area contributed by atoms with Crippen LogP contribution in [0.4, 0.5) is 5.69 Å². The van der Waals surface area contributed by atoms with E-state index in [2.05, 4.69) is 15.6 Å². The van der Waals surface area contributed by atoms with Crippen LogP contribution < -0.4 is 10.6 Å². The van der Waals surface area contributed by atoms with Crippen molar-refractivity contribution >= 4 is 28.8 Å². The first kappa shape index (κ1) is 18.8. The SMILES string of the molecule is CC(=O)Nc1cccc(-c2nc(C(=O)NCc3ccccc3C)c(C)s2)c1. The number of benzene rings is 2. The van der Waals surface area contributed by atoms with Crippen LogP contribution in [0.1, 0.15) is 33.4 Å². The van der Waals surface area contributed by atoms with Crippen molar-refractivity contribution in [3.8, 4) is 10.6 Å². The minimum atomic E-state index is -0.184. The lowest BCUT2D eigenvalue weighted by atomic mass is 10.1. The van der Waals surface area contributed by atoms with Crippen molar-refractivity contribution in [3.05, 3.63) is 70.2 Å². The second-order valence-corrected chi connectivity index (χ2v) is 7.50. The second kappa shape index (κ2) is 8.14. The molecular weight excluding hydrogens is 358 g/mol. The Hall–Kier alpha value is -2.99. The van der Waals surface area contributed by atoms with E-state index >= 15 is 0 Å². The summed E-state index contributed by atoms with van der Waals surface area (Å²) in [6.45, 7) is 5.85. The molecule has 0 aliphatic rings. The maximum absolute atomic E-state index is 12.6. The molecule has 138 valence electrons. The first-order chi connectivity index (χ1) is 12.9. The smallest absolute Gasteiger partial charge is 0.271 e. The molecule has 0 atom stereocenters. The monoisotopic (exact) mass is 379 g/mol. The molecule has 3 aromatic rings. The normalized spacial score (nSPS) is 10.5. The van der Waals surface area contributed by atoms with Crippen molar-refractivity contribution in [1.29, 1.82) is 0 Å². The fourth-order valence-electron chi connectivity index (χ4n) is 2.73. The molecule has 2 N–H and O–H groups in total. The highest BCUT2D eigenvalue weighted by Gasteiger charge is 2.16. The molecule has 2 aromatic carbocycles. The van der Waals surface area contributed by atoms with Gasteiger partial charge in [-0.25, -0.2) is 4.98 Å². The number of carbonyl (C=O) groups is 2. The van der Waals surface area contributed by atoms with E-state index in [1.165, 1.54) is 18.3 Å². The molecule has 5 nitrogen and oxygen atoms in total. The van der Waals surface area contributed by atoms with Crippen LogP contribution in [-0.2, 0) is 11.3 Å². The van der Waals surface area contributed by atoms with Gasteiger partial charge in [0.2, 0.25) is 5.91 Å². The van der Waals surface area contributed by atoms with Gasteiger partial charge in [-0.2, -0.15) is 0 Å². The highest BCUT2D eigenvalue weighted by Crippen LogP contribution is 2.29. The summed E-state index contributed by atoms with van der Waals surface area (Å²) < 4.78 is 0. The van der Waals surface area contributed by atoms with Crippen LogP contribution in [0.2, 0.25) is 0 Å². The molecule has 0 radical (unpaired) electrons. The molecule has 0 unspecified atom stereocenters. The zero-order chi connectivity index (χ0) is 19.4. The molecule has 0 bridgehead atoms. The van der Waals surface area contributed by atoms with Crippen molar-refractivity contribution < 1.29 is 9.59 Å². The van der Waals surface area contributed by atoms with Crippen LogP contribution in [0.3, 0.4) is 0 Å². The number of anilines is 1. The van der Waals surface area contributed by atoms with Gasteiger partial charge in [0.1, 0.15) is 10.7 Å². The summed E-state index contributed by atoms with van der Waals surface area (Å²) in [5.74, 6) is -0.310. The largest absolute Gasteiger partial charge is 0.347 e. The van der Waals surface area contributed by atoms with Crippen LogP contribution >= 0.6 is 11.3 Å². The number of nitrogens with one attached hydrogen (secondary N) is 2. The molecule has 3 rings (SSSR count). The maximum atomic E-state index is 12.6. The van der Waals surface area contributed by atoms with E-state index in [1.807, 2.05) is 62.4 Å². The molecule has 0 fully saturated rings. The zero-order valence-electron chi connectivity index (χ0n) is 15.5. The Morgan fingerprint density at radius 2 is 1.85 bits per heavy atom.